The Labute approximate surface area is 143 Å². The molecule has 0 saturated heterocycles. The monoisotopic (exact) mass is 335 g/mol. The van der Waals surface area contributed by atoms with E-state index in [4.69, 9.17) is 10.4 Å². The van der Waals surface area contributed by atoms with E-state index in [-0.39, 0.29) is 0 Å². The Morgan fingerprint density at radius 3 is 2.75 bits per heavy atom. The summed E-state index contributed by atoms with van der Waals surface area (Å²) in [6.45, 7) is 4.68. The van der Waals surface area contributed by atoms with Gasteiger partial charge in [-0.05, 0) is 25.5 Å². The molecule has 0 amide bonds. The van der Waals surface area contributed by atoms with Gasteiger partial charge in [-0.3, -0.25) is 4.40 Å². The summed E-state index contributed by atoms with van der Waals surface area (Å²) in [5, 5.41) is 10.4. The van der Waals surface area contributed by atoms with E-state index < -0.39 is 0 Å². The zero-order valence-corrected chi connectivity index (χ0v) is 14.3. The van der Waals surface area contributed by atoms with Crippen molar-refractivity contribution in [2.24, 2.45) is 0 Å². The van der Waals surface area contributed by atoms with E-state index in [1.165, 1.54) is 27.8 Å². The van der Waals surface area contributed by atoms with Crippen LogP contribution in [0.15, 0.2) is 36.7 Å². The fourth-order valence-corrected chi connectivity index (χ4v) is 4.03. The quantitative estimate of drug-likeness (QED) is 0.547. The molecule has 1 aromatic carbocycles. The molecule has 4 rings (SSSR count). The molecule has 3 heterocycles. The molecule has 6 heteroatoms. The fraction of sp³-hybridized carbons (Fsp3) is 0.167. The molecule has 0 aliphatic carbocycles. The van der Waals surface area contributed by atoms with Gasteiger partial charge < -0.3 is 10.7 Å². The highest BCUT2D eigenvalue weighted by Gasteiger charge is 2.13. The number of thiophene rings is 1. The Morgan fingerprint density at radius 1 is 1.21 bits per heavy atom. The third-order valence-corrected chi connectivity index (χ3v) is 5.05. The van der Waals surface area contributed by atoms with Gasteiger partial charge in [0.05, 0.1) is 6.54 Å². The number of hydrogen-bond acceptors (Lipinski definition) is 5. The van der Waals surface area contributed by atoms with Crippen molar-refractivity contribution >= 4 is 39.4 Å². The van der Waals surface area contributed by atoms with Gasteiger partial charge in [0.25, 0.3) is 0 Å². The van der Waals surface area contributed by atoms with Gasteiger partial charge in [0.15, 0.2) is 11.5 Å². The highest BCUT2D eigenvalue weighted by Crippen LogP contribution is 2.35. The van der Waals surface area contributed by atoms with Crippen LogP contribution in [-0.4, -0.2) is 27.1 Å². The summed E-state index contributed by atoms with van der Waals surface area (Å²) in [5.41, 5.74) is 5.47. The molecule has 0 saturated carbocycles. The predicted octanol–water partition coefficient (Wildman–Crippen LogP) is 4.29. The number of aryl methyl sites for hydroxylation is 2. The van der Waals surface area contributed by atoms with Gasteiger partial charge in [0.1, 0.15) is 10.3 Å². The number of hydrogen-bond donors (Lipinski definition) is 2. The predicted molar refractivity (Wildman–Crippen MR) is 101 cm³/mol. The number of imidazole rings is 1. The molecule has 0 aliphatic rings. The third-order valence-electron chi connectivity index (χ3n) is 3.87. The van der Waals surface area contributed by atoms with Crippen LogP contribution in [0.3, 0.4) is 0 Å². The molecule has 2 N–H and O–H groups in total. The van der Waals surface area contributed by atoms with Crippen molar-refractivity contribution in [2.45, 2.75) is 13.8 Å². The van der Waals surface area contributed by atoms with Crippen LogP contribution in [0.4, 0.5) is 5.82 Å². The molecule has 4 aromatic rings. The first kappa shape index (κ1) is 14.8. The highest BCUT2D eigenvalue weighted by atomic mass is 32.1. The summed E-state index contributed by atoms with van der Waals surface area (Å²) >= 11 is 1.72. The normalized spacial score (nSPS) is 11.2. The second kappa shape index (κ2) is 5.72. The van der Waals surface area contributed by atoms with E-state index in [2.05, 4.69) is 52.8 Å². The first-order chi connectivity index (χ1) is 11.7. The highest BCUT2D eigenvalue weighted by molar-refractivity contribution is 7.21. The molecule has 0 fully saturated rings. The second-order valence-corrected chi connectivity index (χ2v) is 6.87. The lowest BCUT2D eigenvalue weighted by Gasteiger charge is -2.04. The summed E-state index contributed by atoms with van der Waals surface area (Å²) < 4.78 is 2.06. The topological polar surface area (TPSA) is 66.1 Å². The molecule has 0 atom stereocenters. The van der Waals surface area contributed by atoms with Gasteiger partial charge in [-0.25, -0.2) is 9.97 Å². The molecular formula is C18H17N5S. The lowest BCUT2D eigenvalue weighted by Crippen LogP contribution is -2.05. The number of nitrogens with zero attached hydrogens (tertiary/aromatic N) is 3. The molecule has 24 heavy (non-hydrogen) atoms. The lowest BCUT2D eigenvalue weighted by atomic mass is 10.1. The van der Waals surface area contributed by atoms with Gasteiger partial charge in [0, 0.05) is 23.5 Å². The Bertz CT molecular complexity index is 1040. The average molecular weight is 335 g/mol. The van der Waals surface area contributed by atoms with Crippen molar-refractivity contribution in [3.05, 3.63) is 47.8 Å². The zero-order chi connectivity index (χ0) is 16.7. The van der Waals surface area contributed by atoms with Crippen molar-refractivity contribution in [3.8, 4) is 10.4 Å². The molecule has 0 radical (unpaired) electrons. The Kier molecular flexibility index (Phi) is 3.54. The molecule has 120 valence electrons. The number of aromatic nitrogens is 3. The Morgan fingerprint density at radius 2 is 2.00 bits per heavy atom. The number of nitrogens with one attached hydrogen (secondary N) is 2. The SMILES string of the molecule is Cc1cc(C)cc(-c2cc3nc(NCC=N)c4nccn4c3s2)c1. The van der Waals surface area contributed by atoms with E-state index >= 15 is 0 Å². The molecule has 0 bridgehead atoms. The maximum Gasteiger partial charge on any atom is 0.181 e. The van der Waals surface area contributed by atoms with Crippen LogP contribution >= 0.6 is 11.3 Å². The van der Waals surface area contributed by atoms with Crippen molar-refractivity contribution in [2.75, 3.05) is 11.9 Å². The Balaban J connectivity index is 1.93. The molecule has 5 nitrogen and oxygen atoms in total. The largest absolute Gasteiger partial charge is 0.362 e. The van der Waals surface area contributed by atoms with Crippen LogP contribution in [-0.2, 0) is 0 Å². The molecule has 3 aromatic heterocycles. The van der Waals surface area contributed by atoms with Crippen LogP contribution in [0.25, 0.3) is 26.4 Å². The summed E-state index contributed by atoms with van der Waals surface area (Å²) in [7, 11) is 0. The second-order valence-electron chi connectivity index (χ2n) is 5.84. The van der Waals surface area contributed by atoms with Crippen molar-refractivity contribution in [3.63, 3.8) is 0 Å². The van der Waals surface area contributed by atoms with Crippen molar-refractivity contribution in [1.82, 2.24) is 14.4 Å². The average Bonchev–Trinajstić information content (AvgIpc) is 3.17. The smallest absolute Gasteiger partial charge is 0.181 e. The van der Waals surface area contributed by atoms with E-state index in [1.807, 2.05) is 6.20 Å². The van der Waals surface area contributed by atoms with Crippen LogP contribution in [0.1, 0.15) is 11.1 Å². The molecule has 0 unspecified atom stereocenters. The first-order valence-corrected chi connectivity index (χ1v) is 8.55. The van der Waals surface area contributed by atoms with E-state index in [9.17, 15) is 0 Å². The third kappa shape index (κ3) is 2.45. The molecule has 0 aliphatic heterocycles. The number of benzene rings is 1. The van der Waals surface area contributed by atoms with E-state index in [0.717, 1.165) is 16.0 Å². The van der Waals surface area contributed by atoms with E-state index in [0.29, 0.717) is 12.4 Å². The summed E-state index contributed by atoms with van der Waals surface area (Å²) in [5.74, 6) is 0.709. The fourth-order valence-electron chi connectivity index (χ4n) is 2.96. The summed E-state index contributed by atoms with van der Waals surface area (Å²) in [4.78, 5) is 11.4. The molecule has 0 spiro atoms. The number of rotatable bonds is 4. The van der Waals surface area contributed by atoms with Crippen LogP contribution < -0.4 is 5.32 Å². The van der Waals surface area contributed by atoms with Gasteiger partial charge in [-0.1, -0.05) is 29.3 Å². The lowest BCUT2D eigenvalue weighted by molar-refractivity contribution is 1.20. The van der Waals surface area contributed by atoms with Crippen LogP contribution in [0, 0.1) is 19.3 Å². The zero-order valence-electron chi connectivity index (χ0n) is 13.5. The van der Waals surface area contributed by atoms with Crippen LogP contribution in [0.5, 0.6) is 0 Å². The van der Waals surface area contributed by atoms with Gasteiger partial charge in [-0.2, -0.15) is 0 Å². The number of anilines is 1. The minimum Gasteiger partial charge on any atom is -0.362 e. The minimum atomic E-state index is 0.440. The summed E-state index contributed by atoms with van der Waals surface area (Å²) in [6.07, 6.45) is 5.05. The summed E-state index contributed by atoms with van der Waals surface area (Å²) in [6, 6.07) is 8.72. The van der Waals surface area contributed by atoms with Gasteiger partial charge in [0.2, 0.25) is 0 Å². The van der Waals surface area contributed by atoms with E-state index in [1.54, 1.807) is 17.5 Å². The Hall–Kier alpha value is -2.73. The van der Waals surface area contributed by atoms with Crippen molar-refractivity contribution in [1.29, 1.82) is 5.41 Å². The van der Waals surface area contributed by atoms with Crippen LogP contribution in [0.2, 0.25) is 0 Å². The van der Waals surface area contributed by atoms with Crippen molar-refractivity contribution < 1.29 is 0 Å². The minimum absolute atomic E-state index is 0.440. The molecular weight excluding hydrogens is 318 g/mol. The standard InChI is InChI=1S/C18H17N5S/c1-11-7-12(2)9-13(8-11)15-10-14-18(24-15)23-6-5-21-17(23)16(22-14)20-4-3-19/h3,5-10,19H,4H2,1-2H3,(H,20,22). The van der Waals surface area contributed by atoms with Gasteiger partial charge >= 0.3 is 0 Å². The van der Waals surface area contributed by atoms with Gasteiger partial charge in [-0.15, -0.1) is 11.3 Å². The maximum atomic E-state index is 7.20. The first-order valence-electron chi connectivity index (χ1n) is 7.74. The number of fused-ring (bicyclic) bond motifs is 3. The maximum absolute atomic E-state index is 7.20.